The topological polar surface area (TPSA) is 46.5 Å². The highest BCUT2D eigenvalue weighted by Crippen LogP contribution is 2.40. The van der Waals surface area contributed by atoms with Crippen molar-refractivity contribution in [2.45, 2.75) is 36.3 Å². The zero-order valence-electron chi connectivity index (χ0n) is 15.9. The van der Waals surface area contributed by atoms with Crippen molar-refractivity contribution in [3.63, 3.8) is 0 Å². The number of fused-ring (bicyclic) bond motifs is 1. The Kier molecular flexibility index (Phi) is 6.70. The van der Waals surface area contributed by atoms with Crippen LogP contribution in [0.2, 0.25) is 0 Å². The van der Waals surface area contributed by atoms with Crippen LogP contribution in [-0.4, -0.2) is 23.8 Å². The summed E-state index contributed by atoms with van der Waals surface area (Å²) in [5.74, 6) is 1.02. The Bertz CT molecular complexity index is 966. The third kappa shape index (κ3) is 4.72. The van der Waals surface area contributed by atoms with Crippen molar-refractivity contribution >= 4 is 28.8 Å². The standard InChI is InChI=1S/C22H19FO2S.CH4O/c1-14-15(10-11-24)12-16-2-3-17(23)13-21(16)22(14)25-18-4-6-19(7-5-18)26-20-8-9-20;1-2/h2-7,11-13,20H,8-10H2,1H3;2H,1H3. The molecule has 3 aromatic rings. The molecule has 5 heteroatoms. The number of benzene rings is 3. The molecular weight excluding hydrogens is 375 g/mol. The van der Waals surface area contributed by atoms with Crippen LogP contribution in [0.1, 0.15) is 24.0 Å². The van der Waals surface area contributed by atoms with Crippen LogP contribution in [0.4, 0.5) is 4.39 Å². The van der Waals surface area contributed by atoms with Gasteiger partial charge in [0.15, 0.2) is 0 Å². The number of rotatable bonds is 6. The summed E-state index contributed by atoms with van der Waals surface area (Å²) in [4.78, 5) is 12.3. The zero-order chi connectivity index (χ0) is 20.1. The van der Waals surface area contributed by atoms with Gasteiger partial charge in [0.2, 0.25) is 0 Å². The average Bonchev–Trinajstić information content (AvgIpc) is 3.53. The second-order valence-electron chi connectivity index (χ2n) is 6.62. The van der Waals surface area contributed by atoms with Gasteiger partial charge >= 0.3 is 0 Å². The highest BCUT2D eigenvalue weighted by atomic mass is 32.2. The van der Waals surface area contributed by atoms with Gasteiger partial charge in [-0.3, -0.25) is 0 Å². The molecule has 0 amide bonds. The van der Waals surface area contributed by atoms with Gasteiger partial charge in [-0.1, -0.05) is 12.1 Å². The second kappa shape index (κ2) is 9.22. The largest absolute Gasteiger partial charge is 0.456 e. The van der Waals surface area contributed by atoms with Crippen LogP contribution in [0, 0.1) is 12.7 Å². The molecule has 3 aromatic carbocycles. The van der Waals surface area contributed by atoms with E-state index in [1.54, 1.807) is 6.07 Å². The van der Waals surface area contributed by atoms with E-state index >= 15 is 0 Å². The number of carbonyl (C=O) groups excluding carboxylic acids is 1. The van der Waals surface area contributed by atoms with E-state index < -0.39 is 0 Å². The normalized spacial score (nSPS) is 13.0. The number of thioether (sulfide) groups is 1. The number of aldehydes is 1. The number of aliphatic hydroxyl groups is 1. The molecular formula is C23H23FO3S. The number of hydrogen-bond donors (Lipinski definition) is 1. The summed E-state index contributed by atoms with van der Waals surface area (Å²) < 4.78 is 19.9. The summed E-state index contributed by atoms with van der Waals surface area (Å²) >= 11 is 1.90. The van der Waals surface area contributed by atoms with E-state index in [0.29, 0.717) is 23.3 Å². The Labute approximate surface area is 168 Å². The smallest absolute Gasteiger partial charge is 0.138 e. The van der Waals surface area contributed by atoms with Gasteiger partial charge in [-0.2, -0.15) is 0 Å². The minimum Gasteiger partial charge on any atom is -0.456 e. The maximum atomic E-state index is 13.8. The Morgan fingerprint density at radius 3 is 2.50 bits per heavy atom. The predicted molar refractivity (Wildman–Crippen MR) is 112 cm³/mol. The SMILES string of the molecule is CO.Cc1c(CC=O)cc2ccc(F)cc2c1Oc1ccc(SC2CC2)cc1. The maximum Gasteiger partial charge on any atom is 0.138 e. The summed E-state index contributed by atoms with van der Waals surface area (Å²) in [6.45, 7) is 1.91. The van der Waals surface area contributed by atoms with Crippen LogP contribution in [0.25, 0.3) is 10.8 Å². The van der Waals surface area contributed by atoms with Crippen molar-refractivity contribution in [3.8, 4) is 11.5 Å². The van der Waals surface area contributed by atoms with Crippen molar-refractivity contribution in [1.82, 2.24) is 0 Å². The highest BCUT2D eigenvalue weighted by molar-refractivity contribution is 8.00. The fourth-order valence-electron chi connectivity index (χ4n) is 3.01. The first-order valence-electron chi connectivity index (χ1n) is 9.19. The molecule has 4 rings (SSSR count). The Morgan fingerprint density at radius 2 is 1.86 bits per heavy atom. The van der Waals surface area contributed by atoms with Crippen molar-refractivity contribution in [3.05, 3.63) is 65.5 Å². The lowest BCUT2D eigenvalue weighted by molar-refractivity contribution is -0.107. The van der Waals surface area contributed by atoms with E-state index in [9.17, 15) is 9.18 Å². The molecule has 0 radical (unpaired) electrons. The van der Waals surface area contributed by atoms with Gasteiger partial charge in [0.05, 0.1) is 0 Å². The molecule has 0 heterocycles. The molecule has 1 aliphatic carbocycles. The summed E-state index contributed by atoms with van der Waals surface area (Å²) in [6, 6.07) is 14.6. The van der Waals surface area contributed by atoms with Gasteiger partial charge in [0.25, 0.3) is 0 Å². The van der Waals surface area contributed by atoms with Crippen LogP contribution in [0.5, 0.6) is 11.5 Å². The Balaban J connectivity index is 0.00000109. The highest BCUT2D eigenvalue weighted by Gasteiger charge is 2.22. The van der Waals surface area contributed by atoms with Crippen LogP contribution in [-0.2, 0) is 11.2 Å². The first kappa shape index (κ1) is 20.4. The fourth-order valence-corrected chi connectivity index (χ4v) is 4.06. The third-order valence-corrected chi connectivity index (χ3v) is 5.94. The molecule has 1 N–H and O–H groups in total. The first-order valence-corrected chi connectivity index (χ1v) is 10.1. The van der Waals surface area contributed by atoms with Gasteiger partial charge < -0.3 is 14.6 Å². The summed E-state index contributed by atoms with van der Waals surface area (Å²) in [7, 11) is 1.00. The number of halogens is 1. The Morgan fingerprint density at radius 1 is 1.14 bits per heavy atom. The van der Waals surface area contributed by atoms with Crippen molar-refractivity contribution in [2.75, 3.05) is 7.11 Å². The lowest BCUT2D eigenvalue weighted by Crippen LogP contribution is -1.97. The van der Waals surface area contributed by atoms with E-state index in [1.807, 2.05) is 36.9 Å². The van der Waals surface area contributed by atoms with E-state index in [1.165, 1.54) is 29.9 Å². The van der Waals surface area contributed by atoms with E-state index in [4.69, 9.17) is 9.84 Å². The number of carbonyl (C=O) groups is 1. The van der Waals surface area contributed by atoms with Crippen LogP contribution >= 0.6 is 11.8 Å². The number of hydrogen-bond acceptors (Lipinski definition) is 4. The molecule has 0 unspecified atom stereocenters. The molecule has 0 bridgehead atoms. The van der Waals surface area contributed by atoms with E-state index in [2.05, 4.69) is 12.1 Å². The zero-order valence-corrected chi connectivity index (χ0v) is 16.8. The van der Waals surface area contributed by atoms with Crippen LogP contribution < -0.4 is 4.74 Å². The monoisotopic (exact) mass is 398 g/mol. The molecule has 0 atom stereocenters. The molecule has 0 aliphatic heterocycles. The number of aliphatic hydroxyl groups excluding tert-OH is 1. The second-order valence-corrected chi connectivity index (χ2v) is 7.99. The molecule has 1 fully saturated rings. The minimum absolute atomic E-state index is 0.305. The third-order valence-electron chi connectivity index (χ3n) is 4.59. The minimum atomic E-state index is -0.305. The molecule has 1 saturated carbocycles. The lowest BCUT2D eigenvalue weighted by atomic mass is 9.98. The van der Waals surface area contributed by atoms with Crippen molar-refractivity contribution in [2.24, 2.45) is 0 Å². The molecule has 0 saturated heterocycles. The van der Waals surface area contributed by atoms with Gasteiger partial charge in [0.1, 0.15) is 23.6 Å². The quantitative estimate of drug-likeness (QED) is 0.542. The average molecular weight is 398 g/mol. The maximum absolute atomic E-state index is 13.8. The molecule has 28 heavy (non-hydrogen) atoms. The summed E-state index contributed by atoms with van der Waals surface area (Å²) in [5, 5.41) is 9.34. The molecule has 3 nitrogen and oxygen atoms in total. The van der Waals surface area contributed by atoms with Gasteiger partial charge in [-0.05, 0) is 72.7 Å². The van der Waals surface area contributed by atoms with E-state index in [-0.39, 0.29) is 5.82 Å². The first-order chi connectivity index (χ1) is 13.6. The number of ether oxygens (including phenoxy) is 1. The summed E-state index contributed by atoms with van der Waals surface area (Å²) in [5.41, 5.74) is 1.77. The van der Waals surface area contributed by atoms with Crippen LogP contribution in [0.15, 0.2) is 53.4 Å². The fraction of sp³-hybridized carbons (Fsp3) is 0.261. The lowest BCUT2D eigenvalue weighted by Gasteiger charge is -2.15. The van der Waals surface area contributed by atoms with Crippen molar-refractivity contribution < 1.29 is 19.0 Å². The predicted octanol–water partition coefficient (Wildman–Crippen LogP) is 5.68. The molecule has 1 aliphatic rings. The van der Waals surface area contributed by atoms with Gasteiger partial charge in [0, 0.05) is 29.1 Å². The van der Waals surface area contributed by atoms with Crippen molar-refractivity contribution in [1.29, 1.82) is 0 Å². The molecule has 146 valence electrons. The van der Waals surface area contributed by atoms with E-state index in [0.717, 1.165) is 35.2 Å². The van der Waals surface area contributed by atoms with Gasteiger partial charge in [-0.15, -0.1) is 11.8 Å². The summed E-state index contributed by atoms with van der Waals surface area (Å²) in [6.07, 6.45) is 3.78. The molecule has 0 aromatic heterocycles. The molecule has 0 spiro atoms. The Hall–Kier alpha value is -2.37. The van der Waals surface area contributed by atoms with Crippen LogP contribution in [0.3, 0.4) is 0 Å². The van der Waals surface area contributed by atoms with Gasteiger partial charge in [-0.25, -0.2) is 4.39 Å².